The fraction of sp³-hybridized carbons (Fsp3) is 0.182. The minimum atomic E-state index is -0.617. The number of aliphatic hydroxyl groups excluding tert-OH is 1. The number of halogens is 2. The van der Waals surface area contributed by atoms with Crippen LogP contribution < -0.4 is 0 Å². The third-order valence-corrected chi connectivity index (χ3v) is 4.96. The van der Waals surface area contributed by atoms with Gasteiger partial charge in [-0.15, -0.1) is 11.3 Å². The molecule has 1 aromatic carbocycles. The second-order valence-corrected chi connectivity index (χ2v) is 5.91. The van der Waals surface area contributed by atoms with Gasteiger partial charge in [0.15, 0.2) is 0 Å². The number of thiazole rings is 1. The van der Waals surface area contributed by atoms with E-state index in [1.807, 2.05) is 25.1 Å². The molecule has 0 fully saturated rings. The minimum Gasteiger partial charge on any atom is -0.383 e. The van der Waals surface area contributed by atoms with Gasteiger partial charge < -0.3 is 5.11 Å². The van der Waals surface area contributed by atoms with Gasteiger partial charge in [-0.25, -0.2) is 4.98 Å². The van der Waals surface area contributed by atoms with Crippen LogP contribution >= 0.6 is 43.2 Å². The summed E-state index contributed by atoms with van der Waals surface area (Å²) in [5.74, 6) is 0. The van der Waals surface area contributed by atoms with E-state index in [-0.39, 0.29) is 0 Å². The Balaban J connectivity index is 2.38. The molecule has 0 aliphatic heterocycles. The number of hydrogen-bond acceptors (Lipinski definition) is 3. The smallest absolute Gasteiger partial charge is 0.123 e. The van der Waals surface area contributed by atoms with Crippen LogP contribution in [-0.4, -0.2) is 10.1 Å². The van der Waals surface area contributed by atoms with Gasteiger partial charge in [-0.2, -0.15) is 0 Å². The minimum absolute atomic E-state index is 0.617. The van der Waals surface area contributed by atoms with Gasteiger partial charge in [0, 0.05) is 4.47 Å². The highest BCUT2D eigenvalue weighted by Gasteiger charge is 2.16. The van der Waals surface area contributed by atoms with E-state index < -0.39 is 6.10 Å². The largest absolute Gasteiger partial charge is 0.383 e. The van der Waals surface area contributed by atoms with Crippen LogP contribution in [0.2, 0.25) is 0 Å². The molecule has 0 saturated carbocycles. The second-order valence-electron chi connectivity index (χ2n) is 3.42. The molecular weight excluding hydrogens is 354 g/mol. The van der Waals surface area contributed by atoms with Gasteiger partial charge in [0.2, 0.25) is 0 Å². The summed E-state index contributed by atoms with van der Waals surface area (Å²) < 4.78 is 1.76. The van der Waals surface area contributed by atoms with Crippen LogP contribution in [-0.2, 0) is 0 Å². The number of hydrogen-bond donors (Lipinski definition) is 1. The van der Waals surface area contributed by atoms with E-state index in [4.69, 9.17) is 0 Å². The maximum absolute atomic E-state index is 10.2. The lowest BCUT2D eigenvalue weighted by atomic mass is 10.1. The molecule has 1 unspecified atom stereocenters. The monoisotopic (exact) mass is 361 g/mol. The van der Waals surface area contributed by atoms with Crippen molar-refractivity contribution in [2.45, 2.75) is 13.0 Å². The van der Waals surface area contributed by atoms with Gasteiger partial charge in [-0.1, -0.05) is 28.1 Å². The van der Waals surface area contributed by atoms with E-state index in [0.717, 1.165) is 20.5 Å². The van der Waals surface area contributed by atoms with Crippen LogP contribution in [0.5, 0.6) is 0 Å². The molecule has 0 saturated heterocycles. The van der Waals surface area contributed by atoms with Crippen molar-refractivity contribution in [3.63, 3.8) is 0 Å². The fourth-order valence-electron chi connectivity index (χ4n) is 1.41. The molecule has 2 nitrogen and oxygen atoms in total. The average molecular weight is 363 g/mol. The van der Waals surface area contributed by atoms with Gasteiger partial charge in [-0.05, 0) is 40.0 Å². The van der Waals surface area contributed by atoms with Crippen molar-refractivity contribution in [1.29, 1.82) is 0 Å². The highest BCUT2D eigenvalue weighted by Crippen LogP contribution is 2.32. The van der Waals surface area contributed by atoms with Gasteiger partial charge in [0.25, 0.3) is 0 Å². The van der Waals surface area contributed by atoms with Crippen LogP contribution in [0.3, 0.4) is 0 Å². The van der Waals surface area contributed by atoms with E-state index >= 15 is 0 Å². The summed E-state index contributed by atoms with van der Waals surface area (Å²) in [4.78, 5) is 4.90. The van der Waals surface area contributed by atoms with Gasteiger partial charge in [0.1, 0.15) is 10.7 Å². The van der Waals surface area contributed by atoms with Crippen molar-refractivity contribution < 1.29 is 5.11 Å². The molecular formula is C11H9Br2NOS. The lowest BCUT2D eigenvalue weighted by Crippen LogP contribution is -1.98. The summed E-state index contributed by atoms with van der Waals surface area (Å²) >= 11 is 8.21. The Morgan fingerprint density at radius 2 is 2.12 bits per heavy atom. The topological polar surface area (TPSA) is 33.1 Å². The first-order valence-corrected chi connectivity index (χ1v) is 7.09. The molecule has 0 bridgehead atoms. The molecule has 16 heavy (non-hydrogen) atoms. The third kappa shape index (κ3) is 2.37. The highest BCUT2D eigenvalue weighted by atomic mass is 79.9. The Hall–Kier alpha value is -0.230. The average Bonchev–Trinajstić information content (AvgIpc) is 2.67. The molecule has 0 aliphatic carbocycles. The Bertz CT molecular complexity index is 512. The van der Waals surface area contributed by atoms with Crippen molar-refractivity contribution in [3.8, 4) is 0 Å². The van der Waals surface area contributed by atoms with Crippen molar-refractivity contribution in [1.82, 2.24) is 4.98 Å². The summed E-state index contributed by atoms with van der Waals surface area (Å²) in [6.45, 7) is 2.00. The molecule has 1 N–H and O–H groups in total. The number of benzene rings is 1. The Morgan fingerprint density at radius 3 is 2.69 bits per heavy atom. The van der Waals surface area contributed by atoms with Gasteiger partial charge >= 0.3 is 0 Å². The molecule has 5 heteroatoms. The maximum Gasteiger partial charge on any atom is 0.123 e. The quantitative estimate of drug-likeness (QED) is 0.873. The maximum atomic E-state index is 10.2. The standard InChI is InChI=1S/C11H9Br2NOS/c1-6-4-7(2-3-8(6)12)9(15)10-11(13)14-5-16-10/h2-5,9,15H,1H3. The van der Waals surface area contributed by atoms with Crippen molar-refractivity contribution in [2.24, 2.45) is 0 Å². The molecule has 84 valence electrons. The van der Waals surface area contributed by atoms with E-state index in [1.54, 1.807) is 5.51 Å². The SMILES string of the molecule is Cc1cc(C(O)c2scnc2Br)ccc1Br. The number of aromatic nitrogens is 1. The van der Waals surface area contributed by atoms with Crippen molar-refractivity contribution in [2.75, 3.05) is 0 Å². The fourth-order valence-corrected chi connectivity index (χ4v) is 3.08. The first-order valence-electron chi connectivity index (χ1n) is 4.62. The second kappa shape index (κ2) is 4.96. The Kier molecular flexibility index (Phi) is 3.79. The van der Waals surface area contributed by atoms with Crippen LogP contribution in [0.4, 0.5) is 0 Å². The number of nitrogens with zero attached hydrogens (tertiary/aromatic N) is 1. The summed E-state index contributed by atoms with van der Waals surface area (Å²) in [6, 6.07) is 5.83. The summed E-state index contributed by atoms with van der Waals surface area (Å²) in [6.07, 6.45) is -0.617. The lowest BCUT2D eigenvalue weighted by Gasteiger charge is -2.10. The zero-order chi connectivity index (χ0) is 11.7. The molecule has 0 radical (unpaired) electrons. The zero-order valence-electron chi connectivity index (χ0n) is 8.45. The van der Waals surface area contributed by atoms with Crippen LogP contribution in [0.25, 0.3) is 0 Å². The zero-order valence-corrected chi connectivity index (χ0v) is 12.4. The summed E-state index contributed by atoms with van der Waals surface area (Å²) in [7, 11) is 0. The van der Waals surface area contributed by atoms with Crippen LogP contribution in [0, 0.1) is 6.92 Å². The van der Waals surface area contributed by atoms with Crippen LogP contribution in [0.15, 0.2) is 32.8 Å². The number of aliphatic hydroxyl groups is 1. The van der Waals surface area contributed by atoms with Crippen LogP contribution in [0.1, 0.15) is 22.1 Å². The molecule has 0 amide bonds. The third-order valence-electron chi connectivity index (χ3n) is 2.30. The van der Waals surface area contributed by atoms with Crippen molar-refractivity contribution in [3.05, 3.63) is 48.8 Å². The molecule has 1 heterocycles. The molecule has 1 atom stereocenters. The first kappa shape index (κ1) is 12.2. The first-order chi connectivity index (χ1) is 7.59. The van der Waals surface area contributed by atoms with E-state index in [1.165, 1.54) is 11.3 Å². The normalized spacial score (nSPS) is 12.8. The number of rotatable bonds is 2. The molecule has 0 aliphatic rings. The van der Waals surface area contributed by atoms with E-state index in [0.29, 0.717) is 4.60 Å². The number of aryl methyl sites for hydroxylation is 1. The van der Waals surface area contributed by atoms with E-state index in [2.05, 4.69) is 36.8 Å². The van der Waals surface area contributed by atoms with Crippen molar-refractivity contribution >= 4 is 43.2 Å². The Labute approximate surface area is 115 Å². The van der Waals surface area contributed by atoms with Gasteiger partial charge in [0.05, 0.1) is 10.4 Å². The summed E-state index contributed by atoms with van der Waals surface area (Å²) in [5.41, 5.74) is 3.71. The molecule has 1 aromatic heterocycles. The predicted octanol–water partition coefficient (Wildman–Crippen LogP) is 4.06. The van der Waals surface area contributed by atoms with Gasteiger partial charge in [-0.3, -0.25) is 0 Å². The molecule has 2 aromatic rings. The molecule has 0 spiro atoms. The molecule has 2 rings (SSSR count). The Morgan fingerprint density at radius 1 is 1.38 bits per heavy atom. The summed E-state index contributed by atoms with van der Waals surface area (Å²) in [5, 5.41) is 10.2. The highest BCUT2D eigenvalue weighted by molar-refractivity contribution is 9.10. The lowest BCUT2D eigenvalue weighted by molar-refractivity contribution is 0.223. The predicted molar refractivity (Wildman–Crippen MR) is 72.8 cm³/mol. The van der Waals surface area contributed by atoms with E-state index in [9.17, 15) is 5.11 Å².